The van der Waals surface area contributed by atoms with Crippen LogP contribution in [-0.4, -0.2) is 17.0 Å². The van der Waals surface area contributed by atoms with Gasteiger partial charge in [-0.05, 0) is 18.2 Å². The first-order chi connectivity index (χ1) is 7.08. The van der Waals surface area contributed by atoms with Crippen molar-refractivity contribution in [2.24, 2.45) is 0 Å². The average Bonchev–Trinajstić information content (AvgIpc) is 2.45. The van der Waals surface area contributed by atoms with E-state index >= 15 is 0 Å². The van der Waals surface area contributed by atoms with Crippen molar-refractivity contribution in [3.05, 3.63) is 23.2 Å². The number of anilines is 2. The zero-order valence-corrected chi connectivity index (χ0v) is 12.3. The molecule has 0 aliphatic carbocycles. The smallest absolute Gasteiger partial charge is 0.161 e. The Hall–Kier alpha value is -0.290. The van der Waals surface area contributed by atoms with Crippen molar-refractivity contribution in [3.8, 4) is 0 Å². The van der Waals surface area contributed by atoms with Gasteiger partial charge in [0.1, 0.15) is 0 Å². The SMILES string of the molecule is CC1CN(c2ccc(Cl)cc2N)C(=N)S1.Cl.Cl. The van der Waals surface area contributed by atoms with Gasteiger partial charge in [0.05, 0.1) is 11.4 Å². The summed E-state index contributed by atoms with van der Waals surface area (Å²) in [5.41, 5.74) is 7.38. The molecule has 3 nitrogen and oxygen atoms in total. The van der Waals surface area contributed by atoms with Gasteiger partial charge in [-0.25, -0.2) is 0 Å². The van der Waals surface area contributed by atoms with Crippen molar-refractivity contribution in [2.45, 2.75) is 12.2 Å². The Morgan fingerprint density at radius 1 is 1.47 bits per heavy atom. The normalized spacial score (nSPS) is 18.6. The van der Waals surface area contributed by atoms with Crippen LogP contribution in [0.15, 0.2) is 18.2 Å². The van der Waals surface area contributed by atoms with E-state index in [1.165, 1.54) is 0 Å². The molecule has 1 saturated heterocycles. The summed E-state index contributed by atoms with van der Waals surface area (Å²) in [6.07, 6.45) is 0. The number of halogens is 3. The molecule has 0 amide bonds. The molecule has 2 rings (SSSR count). The summed E-state index contributed by atoms with van der Waals surface area (Å²) >= 11 is 7.39. The molecule has 1 aromatic carbocycles. The lowest BCUT2D eigenvalue weighted by atomic mass is 10.2. The Bertz CT molecular complexity index is 414. The van der Waals surface area contributed by atoms with Crippen LogP contribution in [0.2, 0.25) is 5.02 Å². The minimum atomic E-state index is 0. The number of hydrogen-bond donors (Lipinski definition) is 2. The maximum Gasteiger partial charge on any atom is 0.161 e. The lowest BCUT2D eigenvalue weighted by Gasteiger charge is -2.19. The first kappa shape index (κ1) is 16.7. The summed E-state index contributed by atoms with van der Waals surface area (Å²) < 4.78 is 0. The van der Waals surface area contributed by atoms with E-state index in [4.69, 9.17) is 22.7 Å². The van der Waals surface area contributed by atoms with Gasteiger partial charge in [0.15, 0.2) is 5.17 Å². The third kappa shape index (κ3) is 3.58. The van der Waals surface area contributed by atoms with Crippen LogP contribution < -0.4 is 10.6 Å². The van der Waals surface area contributed by atoms with Crippen LogP contribution in [0.4, 0.5) is 11.4 Å². The van der Waals surface area contributed by atoms with Gasteiger partial charge < -0.3 is 10.6 Å². The standard InChI is InChI=1S/C10H12ClN3S.2ClH/c1-6-5-14(10(13)15-6)9-3-2-7(11)4-8(9)12;;/h2-4,6,13H,5,12H2,1H3;2*1H. The number of rotatable bonds is 1. The number of thioether (sulfide) groups is 1. The van der Waals surface area contributed by atoms with Crippen LogP contribution in [0, 0.1) is 5.41 Å². The molecule has 7 heteroatoms. The fourth-order valence-electron chi connectivity index (χ4n) is 1.61. The van der Waals surface area contributed by atoms with E-state index in [2.05, 4.69) is 6.92 Å². The molecule has 1 heterocycles. The molecule has 0 saturated carbocycles. The second-order valence-electron chi connectivity index (χ2n) is 3.55. The molecule has 0 spiro atoms. The summed E-state index contributed by atoms with van der Waals surface area (Å²) in [6, 6.07) is 5.39. The molecular weight excluding hydrogens is 301 g/mol. The number of nitrogen functional groups attached to an aromatic ring is 1. The highest BCUT2D eigenvalue weighted by atomic mass is 35.5. The Morgan fingerprint density at radius 3 is 2.59 bits per heavy atom. The maximum atomic E-state index is 7.82. The Kier molecular flexibility index (Phi) is 6.48. The van der Waals surface area contributed by atoms with E-state index in [0.29, 0.717) is 21.1 Å². The fourth-order valence-corrected chi connectivity index (χ4v) is 2.70. The number of hydrogen-bond acceptors (Lipinski definition) is 3. The van der Waals surface area contributed by atoms with E-state index in [9.17, 15) is 0 Å². The molecule has 0 radical (unpaired) electrons. The molecule has 3 N–H and O–H groups in total. The number of nitrogens with one attached hydrogen (secondary N) is 1. The van der Waals surface area contributed by atoms with Gasteiger partial charge in [-0.2, -0.15) is 0 Å². The first-order valence-electron chi connectivity index (χ1n) is 4.65. The van der Waals surface area contributed by atoms with Crippen LogP contribution in [0.1, 0.15) is 6.92 Å². The Labute approximate surface area is 122 Å². The molecule has 96 valence electrons. The van der Waals surface area contributed by atoms with Gasteiger partial charge in [-0.3, -0.25) is 5.41 Å². The van der Waals surface area contributed by atoms with E-state index in [1.807, 2.05) is 11.0 Å². The molecular formula is C10H14Cl3N3S. The van der Waals surface area contributed by atoms with Crippen LogP contribution in [0.5, 0.6) is 0 Å². The van der Waals surface area contributed by atoms with Crippen LogP contribution in [-0.2, 0) is 0 Å². The minimum absolute atomic E-state index is 0. The summed E-state index contributed by atoms with van der Waals surface area (Å²) in [7, 11) is 0. The van der Waals surface area contributed by atoms with E-state index in [-0.39, 0.29) is 24.8 Å². The third-order valence-electron chi connectivity index (χ3n) is 2.28. The van der Waals surface area contributed by atoms with Crippen molar-refractivity contribution in [1.29, 1.82) is 5.41 Å². The van der Waals surface area contributed by atoms with Crippen molar-refractivity contribution in [3.63, 3.8) is 0 Å². The lowest BCUT2D eigenvalue weighted by Crippen LogP contribution is -2.24. The van der Waals surface area contributed by atoms with Crippen molar-refractivity contribution in [1.82, 2.24) is 0 Å². The predicted molar refractivity (Wildman–Crippen MR) is 82.5 cm³/mol. The van der Waals surface area contributed by atoms with E-state index in [1.54, 1.807) is 23.9 Å². The summed E-state index contributed by atoms with van der Waals surface area (Å²) in [5.74, 6) is 0. The second kappa shape index (κ2) is 6.59. The average molecular weight is 315 g/mol. The van der Waals surface area contributed by atoms with Gasteiger partial charge >= 0.3 is 0 Å². The molecule has 0 bridgehead atoms. The largest absolute Gasteiger partial charge is 0.397 e. The van der Waals surface area contributed by atoms with Crippen molar-refractivity contribution >= 4 is 64.7 Å². The number of amidine groups is 1. The van der Waals surface area contributed by atoms with Crippen molar-refractivity contribution < 1.29 is 0 Å². The van der Waals surface area contributed by atoms with Crippen LogP contribution in [0.25, 0.3) is 0 Å². The van der Waals surface area contributed by atoms with Gasteiger partial charge in [0.2, 0.25) is 0 Å². The molecule has 1 aliphatic rings. The van der Waals surface area contributed by atoms with Gasteiger partial charge in [0.25, 0.3) is 0 Å². The molecule has 1 aliphatic heterocycles. The number of nitrogens with zero attached hydrogens (tertiary/aromatic N) is 1. The fraction of sp³-hybridized carbons (Fsp3) is 0.300. The zero-order chi connectivity index (χ0) is 11.0. The molecule has 1 fully saturated rings. The van der Waals surface area contributed by atoms with Gasteiger partial charge in [-0.1, -0.05) is 30.3 Å². The van der Waals surface area contributed by atoms with Crippen LogP contribution >= 0.6 is 48.2 Å². The van der Waals surface area contributed by atoms with E-state index in [0.717, 1.165) is 12.2 Å². The van der Waals surface area contributed by atoms with E-state index < -0.39 is 0 Å². The minimum Gasteiger partial charge on any atom is -0.397 e. The topological polar surface area (TPSA) is 53.1 Å². The monoisotopic (exact) mass is 313 g/mol. The molecule has 0 aromatic heterocycles. The quantitative estimate of drug-likeness (QED) is 0.778. The highest BCUT2D eigenvalue weighted by Gasteiger charge is 2.26. The zero-order valence-electron chi connectivity index (χ0n) is 9.14. The number of benzene rings is 1. The number of nitrogens with two attached hydrogens (primary N) is 1. The second-order valence-corrected chi connectivity index (χ2v) is 5.41. The van der Waals surface area contributed by atoms with Crippen molar-refractivity contribution in [2.75, 3.05) is 17.2 Å². The first-order valence-corrected chi connectivity index (χ1v) is 5.91. The van der Waals surface area contributed by atoms with Gasteiger partial charge in [0, 0.05) is 16.8 Å². The highest BCUT2D eigenvalue weighted by molar-refractivity contribution is 8.15. The summed E-state index contributed by atoms with van der Waals surface area (Å²) in [4.78, 5) is 1.92. The third-order valence-corrected chi connectivity index (χ3v) is 3.51. The molecule has 17 heavy (non-hydrogen) atoms. The molecule has 1 unspecified atom stereocenters. The molecule has 1 aromatic rings. The highest BCUT2D eigenvalue weighted by Crippen LogP contribution is 2.34. The van der Waals surface area contributed by atoms with Crippen LogP contribution in [0.3, 0.4) is 0 Å². The summed E-state index contributed by atoms with van der Waals surface area (Å²) in [6.45, 7) is 2.93. The van der Waals surface area contributed by atoms with Gasteiger partial charge in [-0.15, -0.1) is 24.8 Å². The maximum absolute atomic E-state index is 7.82. The Morgan fingerprint density at radius 2 is 2.12 bits per heavy atom. The Balaban J connectivity index is 0.00000128. The summed E-state index contributed by atoms with van der Waals surface area (Å²) in [5, 5.41) is 9.44. The predicted octanol–water partition coefficient (Wildman–Crippen LogP) is 3.64. The lowest BCUT2D eigenvalue weighted by molar-refractivity contribution is 0.951. The molecule has 1 atom stereocenters.